The van der Waals surface area contributed by atoms with Gasteiger partial charge in [0, 0.05) is 65.9 Å². The van der Waals surface area contributed by atoms with Gasteiger partial charge in [-0.25, -0.2) is 0 Å². The summed E-state index contributed by atoms with van der Waals surface area (Å²) in [7, 11) is 0. The van der Waals surface area contributed by atoms with Crippen molar-refractivity contribution in [3.8, 4) is 6.07 Å². The maximum absolute atomic E-state index is 9.72. The molecule has 0 aliphatic carbocycles. The maximum atomic E-state index is 9.72. The fraction of sp³-hybridized carbons (Fsp3) is 0.133. The van der Waals surface area contributed by atoms with E-state index >= 15 is 0 Å². The van der Waals surface area contributed by atoms with Gasteiger partial charge in [-0.3, -0.25) is 15.0 Å². The maximum Gasteiger partial charge on any atom is 0.103 e. The van der Waals surface area contributed by atoms with Crippen molar-refractivity contribution in [2.24, 2.45) is 0 Å². The molecule has 0 fully saturated rings. The summed E-state index contributed by atoms with van der Waals surface area (Å²) < 4.78 is 0. The highest BCUT2D eigenvalue weighted by atomic mass is 14.9. The number of H-pyrrole nitrogens is 1. The van der Waals surface area contributed by atoms with Crippen LogP contribution in [0.1, 0.15) is 33.5 Å². The van der Waals surface area contributed by atoms with Crippen LogP contribution < -0.4 is 10.6 Å². The van der Waals surface area contributed by atoms with Gasteiger partial charge < -0.3 is 15.6 Å². The number of nitrogens with one attached hydrogen (secondary N) is 3. The van der Waals surface area contributed by atoms with Crippen LogP contribution in [0.3, 0.4) is 0 Å². The van der Waals surface area contributed by atoms with Crippen molar-refractivity contribution in [3.63, 3.8) is 0 Å². The van der Waals surface area contributed by atoms with Gasteiger partial charge in [0.1, 0.15) is 6.07 Å². The average molecular weight is 486 g/mol. The number of nitriles is 1. The molecule has 0 atom stereocenters. The first-order chi connectivity index (χ1) is 18.2. The minimum absolute atomic E-state index is 0.483. The number of anilines is 2. The van der Waals surface area contributed by atoms with Crippen molar-refractivity contribution < 1.29 is 0 Å². The van der Waals surface area contributed by atoms with Crippen LogP contribution in [0.5, 0.6) is 0 Å². The zero-order valence-corrected chi connectivity index (χ0v) is 20.6. The number of aromatic amines is 1. The number of aryl methyl sites for hydroxylation is 1. The first-order valence-corrected chi connectivity index (χ1v) is 12.2. The van der Waals surface area contributed by atoms with E-state index in [-0.39, 0.29) is 0 Å². The van der Waals surface area contributed by atoms with E-state index in [2.05, 4.69) is 55.7 Å². The van der Waals surface area contributed by atoms with Crippen molar-refractivity contribution in [2.75, 3.05) is 11.9 Å². The van der Waals surface area contributed by atoms with E-state index in [9.17, 15) is 5.26 Å². The molecule has 4 heterocycles. The van der Waals surface area contributed by atoms with Gasteiger partial charge in [0.15, 0.2) is 0 Å². The molecule has 4 aromatic heterocycles. The molecule has 37 heavy (non-hydrogen) atoms. The zero-order valence-electron chi connectivity index (χ0n) is 20.6. The molecule has 0 unspecified atom stereocenters. The molecule has 182 valence electrons. The molecule has 5 aromatic rings. The Morgan fingerprint density at radius 3 is 2.65 bits per heavy atom. The van der Waals surface area contributed by atoms with Crippen LogP contribution in [-0.2, 0) is 13.0 Å². The molecule has 3 N–H and O–H groups in total. The summed E-state index contributed by atoms with van der Waals surface area (Å²) in [5, 5.41) is 17.8. The zero-order chi connectivity index (χ0) is 25.5. The molecule has 0 amide bonds. The third-order valence-electron chi connectivity index (χ3n) is 6.31. The second-order valence-corrected chi connectivity index (χ2v) is 8.77. The first kappa shape index (κ1) is 23.9. The van der Waals surface area contributed by atoms with E-state index in [1.807, 2.05) is 67.3 Å². The Labute approximate surface area is 216 Å². The number of benzene rings is 1. The lowest BCUT2D eigenvalue weighted by molar-refractivity contribution is 0.685. The van der Waals surface area contributed by atoms with E-state index in [4.69, 9.17) is 0 Å². The monoisotopic (exact) mass is 485 g/mol. The Morgan fingerprint density at radius 1 is 0.946 bits per heavy atom. The number of hydrogen-bond donors (Lipinski definition) is 3. The molecular weight excluding hydrogens is 458 g/mol. The van der Waals surface area contributed by atoms with Crippen molar-refractivity contribution in [3.05, 3.63) is 113 Å². The first-order valence-electron chi connectivity index (χ1n) is 12.2. The van der Waals surface area contributed by atoms with E-state index in [1.165, 1.54) is 5.56 Å². The highest BCUT2D eigenvalue weighted by Crippen LogP contribution is 2.31. The van der Waals surface area contributed by atoms with Gasteiger partial charge in [0.05, 0.1) is 16.9 Å². The second kappa shape index (κ2) is 11.3. The number of nitrogens with zero attached hydrogens (tertiary/aromatic N) is 4. The Bertz CT molecular complexity index is 1560. The Balaban J connectivity index is 1.27. The third kappa shape index (κ3) is 5.72. The van der Waals surface area contributed by atoms with E-state index in [1.54, 1.807) is 12.4 Å². The van der Waals surface area contributed by atoms with Crippen LogP contribution in [0.4, 0.5) is 11.4 Å². The van der Waals surface area contributed by atoms with Gasteiger partial charge in [0.2, 0.25) is 0 Å². The number of rotatable bonds is 9. The van der Waals surface area contributed by atoms with Gasteiger partial charge in [0.25, 0.3) is 0 Å². The molecule has 0 aliphatic rings. The molecule has 7 nitrogen and oxygen atoms in total. The van der Waals surface area contributed by atoms with Gasteiger partial charge in [-0.1, -0.05) is 6.07 Å². The largest absolute Gasteiger partial charge is 0.361 e. The minimum atomic E-state index is 0.483. The number of aromatic nitrogens is 4. The second-order valence-electron chi connectivity index (χ2n) is 8.77. The van der Waals surface area contributed by atoms with Crippen LogP contribution in [0.2, 0.25) is 0 Å². The molecule has 0 saturated heterocycles. The predicted molar refractivity (Wildman–Crippen MR) is 148 cm³/mol. The lowest BCUT2D eigenvalue weighted by atomic mass is 10.1. The van der Waals surface area contributed by atoms with Crippen LogP contribution >= 0.6 is 0 Å². The normalized spacial score (nSPS) is 11.1. The van der Waals surface area contributed by atoms with Crippen molar-refractivity contribution in [2.45, 2.75) is 19.9 Å². The van der Waals surface area contributed by atoms with Gasteiger partial charge in [-0.2, -0.15) is 5.26 Å². The smallest absolute Gasteiger partial charge is 0.103 e. The fourth-order valence-electron chi connectivity index (χ4n) is 4.21. The SMILES string of the molecule is Cc1c(Nc2c(C#N)cncc2C=Cc2ccc(CNCCc3ccncc3)cn2)ccc2[nH]ccc12. The summed E-state index contributed by atoms with van der Waals surface area (Å²) in [5.41, 5.74) is 8.39. The standard InChI is InChI=1S/C30H27N7/c1-21-27-11-15-35-29(27)7-6-28(21)37-30-24(19-34-20-25(30)16-31)3-5-26-4-2-23(18-36-26)17-33-14-10-22-8-12-32-13-9-22/h2-9,11-13,15,18-20,33,35H,10,14,17H2,1H3,(H,34,37). The number of pyridine rings is 3. The summed E-state index contributed by atoms with van der Waals surface area (Å²) in [4.78, 5) is 16.1. The van der Waals surface area contributed by atoms with E-state index in [0.717, 1.165) is 64.2 Å². The van der Waals surface area contributed by atoms with Gasteiger partial charge in [-0.05, 0) is 85.1 Å². The Morgan fingerprint density at radius 2 is 1.84 bits per heavy atom. The van der Waals surface area contributed by atoms with E-state index < -0.39 is 0 Å². The van der Waals surface area contributed by atoms with Crippen molar-refractivity contribution >= 4 is 34.4 Å². The third-order valence-corrected chi connectivity index (χ3v) is 6.31. The average Bonchev–Trinajstić information content (AvgIpc) is 3.43. The summed E-state index contributed by atoms with van der Waals surface area (Å²) in [6, 6.07) is 16.5. The number of fused-ring (bicyclic) bond motifs is 1. The van der Waals surface area contributed by atoms with Crippen molar-refractivity contribution in [1.29, 1.82) is 5.26 Å². The molecule has 0 saturated carbocycles. The lowest BCUT2D eigenvalue weighted by Gasteiger charge is -2.14. The lowest BCUT2D eigenvalue weighted by Crippen LogP contribution is -2.16. The molecule has 0 spiro atoms. The summed E-state index contributed by atoms with van der Waals surface area (Å²) >= 11 is 0. The Hall–Kier alpha value is -4.80. The molecule has 1 aromatic carbocycles. The van der Waals surface area contributed by atoms with Gasteiger partial charge >= 0.3 is 0 Å². The molecule has 0 bridgehead atoms. The Kier molecular flexibility index (Phi) is 7.30. The van der Waals surface area contributed by atoms with Crippen LogP contribution in [-0.4, -0.2) is 26.5 Å². The van der Waals surface area contributed by atoms with Crippen LogP contribution in [0.15, 0.2) is 79.6 Å². The molecule has 0 radical (unpaired) electrons. The minimum Gasteiger partial charge on any atom is -0.361 e. The fourth-order valence-corrected chi connectivity index (χ4v) is 4.21. The quantitative estimate of drug-likeness (QED) is 0.229. The number of hydrogen-bond acceptors (Lipinski definition) is 6. The van der Waals surface area contributed by atoms with E-state index in [0.29, 0.717) is 5.56 Å². The topological polar surface area (TPSA) is 102 Å². The highest BCUT2D eigenvalue weighted by Gasteiger charge is 2.11. The molecule has 0 aliphatic heterocycles. The van der Waals surface area contributed by atoms with Gasteiger partial charge in [-0.15, -0.1) is 0 Å². The molecule has 7 heteroatoms. The summed E-state index contributed by atoms with van der Waals surface area (Å²) in [6.07, 6.45) is 15.6. The highest BCUT2D eigenvalue weighted by molar-refractivity contribution is 5.90. The van der Waals surface area contributed by atoms with Crippen LogP contribution in [0, 0.1) is 18.3 Å². The predicted octanol–water partition coefficient (Wildman–Crippen LogP) is 5.78. The van der Waals surface area contributed by atoms with Crippen molar-refractivity contribution in [1.82, 2.24) is 25.3 Å². The summed E-state index contributed by atoms with van der Waals surface area (Å²) in [5.74, 6) is 0. The molecule has 5 rings (SSSR count). The summed E-state index contributed by atoms with van der Waals surface area (Å²) in [6.45, 7) is 3.72. The molecular formula is C30H27N7. The van der Waals surface area contributed by atoms with Crippen LogP contribution in [0.25, 0.3) is 23.1 Å².